The van der Waals surface area contributed by atoms with Gasteiger partial charge in [-0.1, -0.05) is 71.7 Å². The Morgan fingerprint density at radius 1 is 0.806 bits per heavy atom. The van der Waals surface area contributed by atoms with Gasteiger partial charge in [-0.3, -0.25) is 0 Å². The van der Waals surface area contributed by atoms with Crippen LogP contribution in [0.3, 0.4) is 0 Å². The summed E-state index contributed by atoms with van der Waals surface area (Å²) in [6.45, 7) is 3.43. The van der Waals surface area contributed by atoms with Crippen LogP contribution in [0.1, 0.15) is 18.1 Å². The quantitative estimate of drug-likeness (QED) is 0.297. The molecule has 5 heteroatoms. The molecular weight excluding hydrogens is 429 g/mol. The number of nitrogens with one attached hydrogen (secondary N) is 1. The molecule has 0 aliphatic heterocycles. The van der Waals surface area contributed by atoms with E-state index in [2.05, 4.69) is 29.6 Å². The molecule has 3 nitrogen and oxygen atoms in total. The average molecular weight is 452 g/mol. The van der Waals surface area contributed by atoms with Crippen LogP contribution in [-0.2, 0) is 13.2 Å². The second-order valence-electron chi connectivity index (χ2n) is 7.12. The molecule has 0 aliphatic carbocycles. The van der Waals surface area contributed by atoms with E-state index in [1.54, 1.807) is 0 Å². The summed E-state index contributed by atoms with van der Waals surface area (Å²) in [6.07, 6.45) is 0. The Hall–Kier alpha value is -2.88. The second kappa shape index (κ2) is 9.95. The van der Waals surface area contributed by atoms with Gasteiger partial charge in [0.1, 0.15) is 6.61 Å². The fraction of sp³-hybridized carbons (Fsp3) is 0.154. The van der Waals surface area contributed by atoms with Gasteiger partial charge in [-0.2, -0.15) is 0 Å². The summed E-state index contributed by atoms with van der Waals surface area (Å²) in [4.78, 5) is 0. The molecule has 1 N–H and O–H groups in total. The molecule has 0 amide bonds. The molecule has 0 saturated carbocycles. The van der Waals surface area contributed by atoms with Gasteiger partial charge >= 0.3 is 0 Å². The van der Waals surface area contributed by atoms with E-state index in [9.17, 15) is 0 Å². The number of fused-ring (bicyclic) bond motifs is 1. The molecule has 0 aliphatic rings. The first-order valence-corrected chi connectivity index (χ1v) is 10.9. The zero-order chi connectivity index (χ0) is 21.6. The topological polar surface area (TPSA) is 30.5 Å². The lowest BCUT2D eigenvalue weighted by Gasteiger charge is -2.16. The van der Waals surface area contributed by atoms with Crippen molar-refractivity contribution in [3.8, 4) is 11.5 Å². The molecule has 0 saturated heterocycles. The third-order valence-electron chi connectivity index (χ3n) is 4.95. The number of ether oxygens (including phenoxy) is 2. The fourth-order valence-electron chi connectivity index (χ4n) is 3.45. The van der Waals surface area contributed by atoms with Crippen molar-refractivity contribution >= 4 is 39.7 Å². The van der Waals surface area contributed by atoms with Gasteiger partial charge in [0, 0.05) is 33.7 Å². The van der Waals surface area contributed by atoms with Crippen LogP contribution in [0.25, 0.3) is 10.8 Å². The van der Waals surface area contributed by atoms with Crippen molar-refractivity contribution in [1.29, 1.82) is 0 Å². The van der Waals surface area contributed by atoms with Crippen molar-refractivity contribution < 1.29 is 9.47 Å². The minimum absolute atomic E-state index is 0.380. The van der Waals surface area contributed by atoms with Crippen molar-refractivity contribution in [2.45, 2.75) is 20.1 Å². The van der Waals surface area contributed by atoms with E-state index in [0.29, 0.717) is 41.3 Å². The third kappa shape index (κ3) is 5.25. The van der Waals surface area contributed by atoms with Crippen LogP contribution in [0, 0.1) is 0 Å². The molecule has 0 radical (unpaired) electrons. The molecule has 0 heterocycles. The van der Waals surface area contributed by atoms with Crippen LogP contribution in [-0.4, -0.2) is 6.61 Å². The molecule has 31 heavy (non-hydrogen) atoms. The molecule has 4 rings (SSSR count). The molecule has 0 aromatic heterocycles. The smallest absolute Gasteiger partial charge is 0.163 e. The highest BCUT2D eigenvalue weighted by atomic mass is 35.5. The van der Waals surface area contributed by atoms with E-state index in [-0.39, 0.29) is 0 Å². The maximum Gasteiger partial charge on any atom is 0.163 e. The highest BCUT2D eigenvalue weighted by Crippen LogP contribution is 2.35. The van der Waals surface area contributed by atoms with Crippen molar-refractivity contribution in [3.05, 3.63) is 100 Å². The molecule has 0 spiro atoms. The fourth-order valence-corrected chi connectivity index (χ4v) is 3.89. The van der Waals surface area contributed by atoms with Gasteiger partial charge in [0.05, 0.1) is 6.61 Å². The van der Waals surface area contributed by atoms with Gasteiger partial charge in [-0.05, 0) is 47.7 Å². The lowest BCUT2D eigenvalue weighted by molar-refractivity contribution is 0.269. The van der Waals surface area contributed by atoms with Crippen molar-refractivity contribution in [3.63, 3.8) is 0 Å². The Kier molecular flexibility index (Phi) is 6.86. The Balaban J connectivity index is 1.53. The summed E-state index contributed by atoms with van der Waals surface area (Å²) in [5.74, 6) is 1.28. The summed E-state index contributed by atoms with van der Waals surface area (Å²) in [7, 11) is 0. The monoisotopic (exact) mass is 451 g/mol. The standard InChI is InChI=1S/C26H23Cl2NO2/c1-2-30-25-14-20(16-29-24-12-6-9-19-8-3-4-11-22(19)24)23(28)15-26(25)31-17-18-7-5-10-21(27)13-18/h3-15,29H,2,16-17H2,1H3. The lowest BCUT2D eigenvalue weighted by Crippen LogP contribution is -2.04. The minimum Gasteiger partial charge on any atom is -0.490 e. The van der Waals surface area contributed by atoms with Gasteiger partial charge in [-0.15, -0.1) is 0 Å². The first kappa shape index (κ1) is 21.4. The summed E-state index contributed by atoms with van der Waals surface area (Å²) >= 11 is 12.7. The van der Waals surface area contributed by atoms with Crippen LogP contribution in [0.5, 0.6) is 11.5 Å². The molecule has 0 fully saturated rings. The molecule has 0 unspecified atom stereocenters. The molecular formula is C26H23Cl2NO2. The first-order chi connectivity index (χ1) is 15.1. The van der Waals surface area contributed by atoms with Crippen LogP contribution >= 0.6 is 23.2 Å². The summed E-state index contributed by atoms with van der Waals surface area (Å²) in [6, 6.07) is 25.9. The maximum atomic E-state index is 6.60. The number of benzene rings is 4. The van der Waals surface area contributed by atoms with Crippen molar-refractivity contribution in [2.75, 3.05) is 11.9 Å². The third-order valence-corrected chi connectivity index (χ3v) is 5.54. The highest BCUT2D eigenvalue weighted by molar-refractivity contribution is 6.31. The summed E-state index contributed by atoms with van der Waals surface area (Å²) < 4.78 is 11.8. The molecule has 4 aromatic carbocycles. The Morgan fingerprint density at radius 3 is 2.42 bits per heavy atom. The van der Waals surface area contributed by atoms with E-state index in [0.717, 1.165) is 16.8 Å². The van der Waals surface area contributed by atoms with E-state index < -0.39 is 0 Å². The average Bonchev–Trinajstić information content (AvgIpc) is 2.78. The van der Waals surface area contributed by atoms with Gasteiger partial charge in [0.15, 0.2) is 11.5 Å². The second-order valence-corrected chi connectivity index (χ2v) is 7.97. The number of rotatable bonds is 8. The first-order valence-electron chi connectivity index (χ1n) is 10.2. The molecule has 0 bridgehead atoms. The number of anilines is 1. The van der Waals surface area contributed by atoms with Crippen LogP contribution in [0.4, 0.5) is 5.69 Å². The van der Waals surface area contributed by atoms with E-state index >= 15 is 0 Å². The Morgan fingerprint density at radius 2 is 1.58 bits per heavy atom. The maximum absolute atomic E-state index is 6.60. The zero-order valence-electron chi connectivity index (χ0n) is 17.2. The SMILES string of the molecule is CCOc1cc(CNc2cccc3ccccc23)c(Cl)cc1OCc1cccc(Cl)c1. The van der Waals surface area contributed by atoms with Crippen molar-refractivity contribution in [2.24, 2.45) is 0 Å². The number of halogens is 2. The minimum atomic E-state index is 0.380. The highest BCUT2D eigenvalue weighted by Gasteiger charge is 2.12. The van der Waals surface area contributed by atoms with E-state index in [4.69, 9.17) is 32.7 Å². The Labute approximate surface area is 192 Å². The predicted octanol–water partition coefficient (Wildman–Crippen LogP) is 7.74. The van der Waals surface area contributed by atoms with Crippen LogP contribution in [0.15, 0.2) is 78.9 Å². The molecule has 0 atom stereocenters. The largest absolute Gasteiger partial charge is 0.490 e. The summed E-state index contributed by atoms with van der Waals surface area (Å²) in [5.41, 5.74) is 2.98. The van der Waals surface area contributed by atoms with Gasteiger partial charge < -0.3 is 14.8 Å². The zero-order valence-corrected chi connectivity index (χ0v) is 18.7. The van der Waals surface area contributed by atoms with Crippen LogP contribution in [0.2, 0.25) is 10.0 Å². The van der Waals surface area contributed by atoms with Crippen molar-refractivity contribution in [1.82, 2.24) is 0 Å². The predicted molar refractivity (Wildman–Crippen MR) is 130 cm³/mol. The van der Waals surface area contributed by atoms with Gasteiger partial charge in [-0.25, -0.2) is 0 Å². The number of hydrogen-bond acceptors (Lipinski definition) is 3. The molecule has 4 aromatic rings. The van der Waals surface area contributed by atoms with E-state index in [1.807, 2.05) is 61.5 Å². The van der Waals surface area contributed by atoms with Crippen LogP contribution < -0.4 is 14.8 Å². The summed E-state index contributed by atoms with van der Waals surface area (Å²) in [5, 5.41) is 7.17. The van der Waals surface area contributed by atoms with E-state index in [1.165, 1.54) is 10.8 Å². The van der Waals surface area contributed by atoms with Gasteiger partial charge in [0.2, 0.25) is 0 Å². The lowest BCUT2D eigenvalue weighted by atomic mass is 10.1. The molecule has 158 valence electrons. The Bertz CT molecular complexity index is 1190. The normalized spacial score (nSPS) is 10.8. The number of hydrogen-bond donors (Lipinski definition) is 1. The van der Waals surface area contributed by atoms with Gasteiger partial charge in [0.25, 0.3) is 0 Å².